The second-order valence-corrected chi connectivity index (χ2v) is 5.86. The van der Waals surface area contributed by atoms with Crippen molar-refractivity contribution in [2.45, 2.75) is 6.92 Å². The van der Waals surface area contributed by atoms with E-state index in [1.165, 1.54) is 6.07 Å². The number of fused-ring (bicyclic) bond motifs is 3. The van der Waals surface area contributed by atoms with Gasteiger partial charge in [0.25, 0.3) is 0 Å². The molecule has 0 spiro atoms. The Labute approximate surface area is 148 Å². The zero-order valence-corrected chi connectivity index (χ0v) is 13.7. The maximum atomic E-state index is 9.23. The molecule has 0 aliphatic heterocycles. The minimum atomic E-state index is 0.127. The Morgan fingerprint density at radius 1 is 0.769 bits per heavy atom. The number of aromatic nitrogens is 3. The van der Waals surface area contributed by atoms with Crippen LogP contribution in [0, 0.1) is 40.9 Å². The largest absolute Gasteiger partial charge is 0.278 e. The molecule has 0 saturated heterocycles. The molecule has 0 aliphatic rings. The smallest absolute Gasteiger partial charge is 0.237 e. The molecule has 6 nitrogen and oxygen atoms in total. The Balaban J connectivity index is 2.18. The van der Waals surface area contributed by atoms with Crippen LogP contribution in [0.15, 0.2) is 42.5 Å². The summed E-state index contributed by atoms with van der Waals surface area (Å²) >= 11 is 0. The first-order chi connectivity index (χ1) is 12.6. The molecule has 0 saturated carbocycles. The topological polar surface area (TPSA) is 102 Å². The molecule has 0 N–H and O–H groups in total. The van der Waals surface area contributed by atoms with Gasteiger partial charge in [-0.2, -0.15) is 15.8 Å². The van der Waals surface area contributed by atoms with Gasteiger partial charge in [-0.05, 0) is 37.3 Å². The van der Waals surface area contributed by atoms with Gasteiger partial charge in [0.05, 0.1) is 22.7 Å². The molecule has 26 heavy (non-hydrogen) atoms. The summed E-state index contributed by atoms with van der Waals surface area (Å²) in [5.74, 6) is 0.258. The minimum Gasteiger partial charge on any atom is -0.278 e. The lowest BCUT2D eigenvalue weighted by Gasteiger charge is -2.06. The monoisotopic (exact) mass is 334 g/mol. The van der Waals surface area contributed by atoms with Gasteiger partial charge in [0.15, 0.2) is 0 Å². The van der Waals surface area contributed by atoms with E-state index in [0.717, 1.165) is 27.4 Å². The molecule has 0 aliphatic carbocycles. The summed E-state index contributed by atoms with van der Waals surface area (Å²) in [5, 5.41) is 29.5. The fraction of sp³-hybridized carbons (Fsp3) is 0.0500. The van der Waals surface area contributed by atoms with Crippen LogP contribution in [0.3, 0.4) is 0 Å². The quantitative estimate of drug-likeness (QED) is 0.530. The maximum absolute atomic E-state index is 9.23. The van der Waals surface area contributed by atoms with Crippen LogP contribution in [0.4, 0.5) is 0 Å². The summed E-state index contributed by atoms with van der Waals surface area (Å²) in [6, 6.07) is 18.8. The SMILES string of the molecule is Cc1ccc2c(c1)c1cc(C#N)ccc1n2-c1nc(C#N)cc(C#N)n1. The molecule has 4 rings (SSSR count). The normalized spacial score (nSPS) is 10.4. The average Bonchev–Trinajstić information content (AvgIpc) is 3.00. The number of benzene rings is 2. The van der Waals surface area contributed by atoms with Gasteiger partial charge in [-0.1, -0.05) is 11.6 Å². The number of nitrogens with zero attached hydrogens (tertiary/aromatic N) is 6. The van der Waals surface area contributed by atoms with Crippen molar-refractivity contribution in [2.75, 3.05) is 0 Å². The van der Waals surface area contributed by atoms with Crippen molar-refractivity contribution in [3.63, 3.8) is 0 Å². The van der Waals surface area contributed by atoms with Gasteiger partial charge in [-0.25, -0.2) is 9.97 Å². The highest BCUT2D eigenvalue weighted by Gasteiger charge is 2.16. The molecule has 2 heterocycles. The van der Waals surface area contributed by atoms with Crippen molar-refractivity contribution in [3.8, 4) is 24.2 Å². The standard InChI is InChI=1S/C20H10N6/c1-12-2-4-18-16(6-12)17-7-13(9-21)3-5-19(17)26(18)20-24-14(10-22)8-15(11-23)25-20/h2-8H,1H3. The highest BCUT2D eigenvalue weighted by atomic mass is 15.2. The highest BCUT2D eigenvalue weighted by Crippen LogP contribution is 2.32. The first-order valence-corrected chi connectivity index (χ1v) is 7.79. The zero-order chi connectivity index (χ0) is 18.3. The van der Waals surface area contributed by atoms with Crippen LogP contribution in [-0.2, 0) is 0 Å². The zero-order valence-electron chi connectivity index (χ0n) is 13.7. The molecule has 120 valence electrons. The second kappa shape index (κ2) is 5.70. The fourth-order valence-electron chi connectivity index (χ4n) is 3.07. The van der Waals surface area contributed by atoms with E-state index >= 15 is 0 Å². The number of aryl methyl sites for hydroxylation is 1. The lowest BCUT2D eigenvalue weighted by atomic mass is 10.1. The molecular weight excluding hydrogens is 324 g/mol. The van der Waals surface area contributed by atoms with Crippen LogP contribution in [0.1, 0.15) is 22.5 Å². The third kappa shape index (κ3) is 2.24. The van der Waals surface area contributed by atoms with E-state index in [-0.39, 0.29) is 17.3 Å². The molecule has 2 aromatic heterocycles. The molecule has 0 radical (unpaired) electrons. The van der Waals surface area contributed by atoms with E-state index in [9.17, 15) is 15.8 Å². The molecule has 2 aromatic carbocycles. The van der Waals surface area contributed by atoms with Crippen LogP contribution in [0.5, 0.6) is 0 Å². The number of hydrogen-bond donors (Lipinski definition) is 0. The van der Waals surface area contributed by atoms with E-state index in [4.69, 9.17) is 0 Å². The second-order valence-electron chi connectivity index (χ2n) is 5.86. The maximum Gasteiger partial charge on any atom is 0.237 e. The van der Waals surface area contributed by atoms with E-state index in [2.05, 4.69) is 16.0 Å². The van der Waals surface area contributed by atoms with Gasteiger partial charge in [-0.3, -0.25) is 4.57 Å². The summed E-state index contributed by atoms with van der Waals surface area (Å²) in [6.07, 6.45) is 0. The van der Waals surface area contributed by atoms with Crippen LogP contribution in [-0.4, -0.2) is 14.5 Å². The van der Waals surface area contributed by atoms with Gasteiger partial charge in [-0.15, -0.1) is 0 Å². The lowest BCUT2D eigenvalue weighted by molar-refractivity contribution is 0.968. The summed E-state index contributed by atoms with van der Waals surface area (Å²) in [7, 11) is 0. The van der Waals surface area contributed by atoms with Crippen LogP contribution < -0.4 is 0 Å². The predicted molar refractivity (Wildman–Crippen MR) is 95.3 cm³/mol. The van der Waals surface area contributed by atoms with E-state index in [0.29, 0.717) is 5.56 Å². The van der Waals surface area contributed by atoms with Crippen LogP contribution >= 0.6 is 0 Å². The first kappa shape index (κ1) is 15.3. The van der Waals surface area contributed by atoms with Crippen LogP contribution in [0.2, 0.25) is 0 Å². The Hall–Kier alpha value is -4.21. The molecular formula is C20H10N6. The van der Waals surface area contributed by atoms with Crippen LogP contribution in [0.25, 0.3) is 27.8 Å². The van der Waals surface area contributed by atoms with Crippen molar-refractivity contribution < 1.29 is 0 Å². The molecule has 4 aromatic rings. The van der Waals surface area contributed by atoms with Gasteiger partial charge >= 0.3 is 0 Å². The molecule has 0 unspecified atom stereocenters. The first-order valence-electron chi connectivity index (χ1n) is 7.79. The number of hydrogen-bond acceptors (Lipinski definition) is 5. The summed E-state index contributed by atoms with van der Waals surface area (Å²) < 4.78 is 1.81. The fourth-order valence-corrected chi connectivity index (χ4v) is 3.07. The third-order valence-electron chi connectivity index (χ3n) is 4.19. The predicted octanol–water partition coefficient (Wildman–Crippen LogP) is 3.50. The van der Waals surface area contributed by atoms with Crippen molar-refractivity contribution >= 4 is 21.8 Å². The van der Waals surface area contributed by atoms with Gasteiger partial charge in [0, 0.05) is 16.8 Å². The van der Waals surface area contributed by atoms with E-state index in [1.807, 2.05) is 54.0 Å². The molecule has 0 amide bonds. The minimum absolute atomic E-state index is 0.127. The third-order valence-corrected chi connectivity index (χ3v) is 4.19. The lowest BCUT2D eigenvalue weighted by Crippen LogP contribution is -2.04. The molecule has 6 heteroatoms. The summed E-state index contributed by atoms with van der Waals surface area (Å²) in [6.45, 7) is 2.00. The van der Waals surface area contributed by atoms with Crippen molar-refractivity contribution in [1.82, 2.24) is 14.5 Å². The Kier molecular flexibility index (Phi) is 3.36. The average molecular weight is 334 g/mol. The summed E-state index contributed by atoms with van der Waals surface area (Å²) in [4.78, 5) is 8.56. The number of rotatable bonds is 1. The Morgan fingerprint density at radius 3 is 2.00 bits per heavy atom. The Bertz CT molecular complexity index is 1290. The van der Waals surface area contributed by atoms with E-state index < -0.39 is 0 Å². The number of nitriles is 3. The van der Waals surface area contributed by atoms with Crippen molar-refractivity contribution in [2.24, 2.45) is 0 Å². The van der Waals surface area contributed by atoms with Gasteiger partial charge < -0.3 is 0 Å². The molecule has 0 atom stereocenters. The van der Waals surface area contributed by atoms with Crippen molar-refractivity contribution in [3.05, 3.63) is 65.0 Å². The summed E-state index contributed by atoms with van der Waals surface area (Å²) in [5.41, 5.74) is 3.55. The molecule has 0 fully saturated rings. The highest BCUT2D eigenvalue weighted by molar-refractivity contribution is 6.09. The van der Waals surface area contributed by atoms with Gasteiger partial charge in [0.1, 0.15) is 23.5 Å². The van der Waals surface area contributed by atoms with E-state index in [1.54, 1.807) is 6.07 Å². The van der Waals surface area contributed by atoms with Crippen molar-refractivity contribution in [1.29, 1.82) is 15.8 Å². The van der Waals surface area contributed by atoms with Gasteiger partial charge in [0.2, 0.25) is 5.95 Å². The molecule has 0 bridgehead atoms. The Morgan fingerprint density at radius 2 is 1.38 bits per heavy atom.